The van der Waals surface area contributed by atoms with Crippen molar-refractivity contribution in [1.29, 1.82) is 0 Å². The Morgan fingerprint density at radius 1 is 0.950 bits per heavy atom. The van der Waals surface area contributed by atoms with Crippen LogP contribution in [0.4, 0.5) is 0 Å². The van der Waals surface area contributed by atoms with Gasteiger partial charge in [-0.25, -0.2) is 0 Å². The molecule has 0 radical (unpaired) electrons. The van der Waals surface area contributed by atoms with Crippen molar-refractivity contribution in [1.82, 2.24) is 5.32 Å². The lowest BCUT2D eigenvalue weighted by molar-refractivity contribution is -0.0633. The zero-order chi connectivity index (χ0) is 14.0. The van der Waals surface area contributed by atoms with Gasteiger partial charge in [0.15, 0.2) is 0 Å². The van der Waals surface area contributed by atoms with Crippen molar-refractivity contribution in [2.45, 2.75) is 95.8 Å². The summed E-state index contributed by atoms with van der Waals surface area (Å²) in [5.74, 6) is 1.80. The van der Waals surface area contributed by atoms with Crippen molar-refractivity contribution < 1.29 is 4.74 Å². The number of hydrogen-bond acceptors (Lipinski definition) is 2. The van der Waals surface area contributed by atoms with Gasteiger partial charge in [-0.3, -0.25) is 0 Å². The summed E-state index contributed by atoms with van der Waals surface area (Å²) < 4.78 is 6.47. The average molecular weight is 279 g/mol. The molecule has 4 atom stereocenters. The van der Waals surface area contributed by atoms with Crippen molar-refractivity contribution in [3.8, 4) is 0 Å². The monoisotopic (exact) mass is 279 g/mol. The van der Waals surface area contributed by atoms with Gasteiger partial charge in [-0.15, -0.1) is 0 Å². The topological polar surface area (TPSA) is 21.3 Å². The van der Waals surface area contributed by atoms with E-state index >= 15 is 0 Å². The molecule has 0 aromatic carbocycles. The summed E-state index contributed by atoms with van der Waals surface area (Å²) in [4.78, 5) is 0. The number of hydrogen-bond donors (Lipinski definition) is 1. The van der Waals surface area contributed by atoms with Gasteiger partial charge < -0.3 is 10.1 Å². The molecule has 0 amide bonds. The maximum atomic E-state index is 6.47. The zero-order valence-electron chi connectivity index (χ0n) is 13.5. The summed E-state index contributed by atoms with van der Waals surface area (Å²) in [5, 5.41) is 3.81. The van der Waals surface area contributed by atoms with E-state index in [2.05, 4.69) is 19.2 Å². The summed E-state index contributed by atoms with van der Waals surface area (Å²) in [6.07, 6.45) is 14.0. The fraction of sp³-hybridized carbons (Fsp3) is 1.00. The van der Waals surface area contributed by atoms with E-state index in [1.165, 1.54) is 64.2 Å². The predicted molar refractivity (Wildman–Crippen MR) is 83.9 cm³/mol. The number of rotatable bonds is 3. The molecule has 0 aromatic heterocycles. The Balaban J connectivity index is 1.41. The van der Waals surface area contributed by atoms with Gasteiger partial charge >= 0.3 is 0 Å². The molecular formula is C18H33NO. The number of nitrogens with one attached hydrogen (secondary N) is 1. The van der Waals surface area contributed by atoms with Crippen LogP contribution in [0.1, 0.15) is 78.1 Å². The predicted octanol–water partition coefficient (Wildman–Crippen LogP) is 4.28. The molecule has 20 heavy (non-hydrogen) atoms. The average Bonchev–Trinajstić information content (AvgIpc) is 2.84. The quantitative estimate of drug-likeness (QED) is 0.832. The fourth-order valence-corrected chi connectivity index (χ4v) is 4.63. The molecule has 0 bridgehead atoms. The maximum Gasteiger partial charge on any atom is 0.0708 e. The van der Waals surface area contributed by atoms with E-state index < -0.39 is 0 Å². The lowest BCUT2D eigenvalue weighted by Crippen LogP contribution is -2.41. The Labute approximate surface area is 125 Å². The van der Waals surface area contributed by atoms with Gasteiger partial charge in [-0.2, -0.15) is 0 Å². The van der Waals surface area contributed by atoms with Crippen molar-refractivity contribution in [3.05, 3.63) is 0 Å². The van der Waals surface area contributed by atoms with Crippen molar-refractivity contribution in [2.75, 3.05) is 6.54 Å². The highest BCUT2D eigenvalue weighted by molar-refractivity contribution is 4.92. The van der Waals surface area contributed by atoms with Crippen LogP contribution in [-0.2, 0) is 4.74 Å². The lowest BCUT2D eigenvalue weighted by atomic mass is 9.79. The van der Waals surface area contributed by atoms with Gasteiger partial charge in [0.2, 0.25) is 0 Å². The standard InChI is InChI=1S/C18H33NO/c1-14-6-7-16(12-15(14)2)19-13-17-8-11-18(20-17)9-4-3-5-10-18/h14-17,19H,3-13H2,1-2H3. The SMILES string of the molecule is CC1CCC(NCC2CCC3(CCCCC3)O2)CC1C. The summed E-state index contributed by atoms with van der Waals surface area (Å²) in [5.41, 5.74) is 0.291. The second-order valence-corrected chi connectivity index (χ2v) is 7.89. The Kier molecular flexibility index (Phi) is 4.72. The van der Waals surface area contributed by atoms with Crippen molar-refractivity contribution in [2.24, 2.45) is 11.8 Å². The van der Waals surface area contributed by atoms with E-state index in [-0.39, 0.29) is 0 Å². The molecular weight excluding hydrogens is 246 g/mol. The summed E-state index contributed by atoms with van der Waals surface area (Å²) in [6, 6.07) is 0.743. The lowest BCUT2D eigenvalue weighted by Gasteiger charge is -2.35. The molecule has 1 spiro atoms. The minimum atomic E-state index is 0.291. The van der Waals surface area contributed by atoms with Crippen LogP contribution in [0, 0.1) is 11.8 Å². The summed E-state index contributed by atoms with van der Waals surface area (Å²) in [7, 11) is 0. The molecule has 2 heteroatoms. The van der Waals surface area contributed by atoms with E-state index in [1.54, 1.807) is 0 Å². The van der Waals surface area contributed by atoms with E-state index in [1.807, 2.05) is 0 Å². The highest BCUT2D eigenvalue weighted by Gasteiger charge is 2.40. The third-order valence-electron chi connectivity index (χ3n) is 6.34. The smallest absolute Gasteiger partial charge is 0.0708 e. The Morgan fingerprint density at radius 2 is 1.75 bits per heavy atom. The largest absolute Gasteiger partial charge is 0.370 e. The summed E-state index contributed by atoms with van der Waals surface area (Å²) >= 11 is 0. The third kappa shape index (κ3) is 3.39. The first-order valence-corrected chi connectivity index (χ1v) is 9.08. The molecule has 3 rings (SSSR count). The molecule has 2 nitrogen and oxygen atoms in total. The van der Waals surface area contributed by atoms with Crippen LogP contribution >= 0.6 is 0 Å². The van der Waals surface area contributed by atoms with Crippen molar-refractivity contribution in [3.63, 3.8) is 0 Å². The highest BCUT2D eigenvalue weighted by atomic mass is 16.5. The molecule has 1 saturated heterocycles. The molecule has 1 N–H and O–H groups in total. The molecule has 116 valence electrons. The molecule has 0 aromatic rings. The minimum absolute atomic E-state index is 0.291. The fourth-order valence-electron chi connectivity index (χ4n) is 4.63. The zero-order valence-corrected chi connectivity index (χ0v) is 13.5. The van der Waals surface area contributed by atoms with E-state index in [0.717, 1.165) is 24.4 Å². The molecule has 2 saturated carbocycles. The van der Waals surface area contributed by atoms with E-state index in [9.17, 15) is 0 Å². The van der Waals surface area contributed by atoms with Gasteiger partial charge in [0.25, 0.3) is 0 Å². The Bertz CT molecular complexity index is 311. The van der Waals surface area contributed by atoms with E-state index in [4.69, 9.17) is 4.74 Å². The molecule has 1 aliphatic heterocycles. The first-order chi connectivity index (χ1) is 9.67. The van der Waals surface area contributed by atoms with Gasteiger partial charge in [0, 0.05) is 12.6 Å². The van der Waals surface area contributed by atoms with Crippen LogP contribution in [0.3, 0.4) is 0 Å². The van der Waals surface area contributed by atoms with Crippen LogP contribution in [0.25, 0.3) is 0 Å². The summed E-state index contributed by atoms with van der Waals surface area (Å²) in [6.45, 7) is 5.92. The van der Waals surface area contributed by atoms with Crippen LogP contribution in [0.2, 0.25) is 0 Å². The van der Waals surface area contributed by atoms with Crippen LogP contribution in [0.5, 0.6) is 0 Å². The molecule has 2 aliphatic carbocycles. The molecule has 3 aliphatic rings. The van der Waals surface area contributed by atoms with Gasteiger partial charge in [-0.05, 0) is 56.8 Å². The Morgan fingerprint density at radius 3 is 2.50 bits per heavy atom. The molecule has 3 fully saturated rings. The van der Waals surface area contributed by atoms with E-state index in [0.29, 0.717) is 11.7 Å². The highest BCUT2D eigenvalue weighted by Crippen LogP contribution is 2.41. The van der Waals surface area contributed by atoms with Gasteiger partial charge in [-0.1, -0.05) is 33.1 Å². The second-order valence-electron chi connectivity index (χ2n) is 7.89. The normalized spacial score (nSPS) is 41.1. The van der Waals surface area contributed by atoms with Crippen LogP contribution < -0.4 is 5.32 Å². The third-order valence-corrected chi connectivity index (χ3v) is 6.34. The first-order valence-electron chi connectivity index (χ1n) is 9.08. The second kappa shape index (κ2) is 6.36. The van der Waals surface area contributed by atoms with Crippen molar-refractivity contribution >= 4 is 0 Å². The van der Waals surface area contributed by atoms with Gasteiger partial charge in [0.1, 0.15) is 0 Å². The first kappa shape index (κ1) is 14.8. The van der Waals surface area contributed by atoms with Gasteiger partial charge in [0.05, 0.1) is 11.7 Å². The Hall–Kier alpha value is -0.0800. The molecule has 1 heterocycles. The van der Waals surface area contributed by atoms with Crippen LogP contribution in [-0.4, -0.2) is 24.3 Å². The maximum absolute atomic E-state index is 6.47. The molecule has 4 unspecified atom stereocenters. The number of ether oxygens (including phenoxy) is 1. The minimum Gasteiger partial charge on any atom is -0.370 e. The van der Waals surface area contributed by atoms with Crippen LogP contribution in [0.15, 0.2) is 0 Å².